The fourth-order valence-electron chi connectivity index (χ4n) is 4.40. The van der Waals surface area contributed by atoms with Gasteiger partial charge in [0.15, 0.2) is 5.13 Å². The zero-order valence-corrected chi connectivity index (χ0v) is 21.0. The number of fused-ring (bicyclic) bond motifs is 1. The highest BCUT2D eigenvalue weighted by Gasteiger charge is 2.54. The summed E-state index contributed by atoms with van der Waals surface area (Å²) in [4.78, 5) is 57.2. The topological polar surface area (TPSA) is 203 Å². The molecule has 1 aliphatic carbocycles. The van der Waals surface area contributed by atoms with Crippen LogP contribution in [-0.2, 0) is 19.2 Å². The van der Waals surface area contributed by atoms with Crippen molar-refractivity contribution in [2.24, 2.45) is 5.16 Å². The molecule has 0 unspecified atom stereocenters. The van der Waals surface area contributed by atoms with Crippen molar-refractivity contribution in [1.82, 2.24) is 29.8 Å². The second-order valence-corrected chi connectivity index (χ2v) is 10.8. The lowest BCUT2D eigenvalue weighted by Crippen LogP contribution is -2.71. The van der Waals surface area contributed by atoms with Gasteiger partial charge in [0.05, 0.1) is 0 Å². The zero-order valence-electron chi connectivity index (χ0n) is 19.4. The Labute approximate surface area is 218 Å². The molecule has 3 fully saturated rings. The van der Waals surface area contributed by atoms with Crippen LogP contribution in [0.25, 0.3) is 0 Å². The molecule has 0 aromatic carbocycles. The summed E-state index contributed by atoms with van der Waals surface area (Å²) in [5.74, 6) is -2.93. The van der Waals surface area contributed by atoms with Crippen LogP contribution >= 0.6 is 23.3 Å². The number of carbonyl (C=O) groups is 4. The molecule has 3 aliphatic heterocycles. The van der Waals surface area contributed by atoms with Crippen LogP contribution in [0.1, 0.15) is 25.1 Å². The van der Waals surface area contributed by atoms with Crippen LogP contribution in [0, 0.1) is 0 Å². The van der Waals surface area contributed by atoms with E-state index in [1.807, 2.05) is 0 Å². The molecular weight excluding hydrogens is 524 g/mol. The highest BCUT2D eigenvalue weighted by molar-refractivity contribution is 8.00. The van der Waals surface area contributed by atoms with Gasteiger partial charge in [0.2, 0.25) is 17.4 Å². The van der Waals surface area contributed by atoms with E-state index in [1.165, 1.54) is 11.8 Å². The van der Waals surface area contributed by atoms with Gasteiger partial charge in [-0.3, -0.25) is 19.3 Å². The number of anilines is 1. The van der Waals surface area contributed by atoms with Crippen LogP contribution in [-0.4, -0.2) is 102 Å². The van der Waals surface area contributed by atoms with Crippen molar-refractivity contribution in [3.05, 3.63) is 28.7 Å². The van der Waals surface area contributed by atoms with Gasteiger partial charge in [-0.25, -0.2) is 4.79 Å². The third-order valence-electron chi connectivity index (χ3n) is 6.41. The minimum atomic E-state index is -1.30. The average molecular weight is 549 g/mol. The highest BCUT2D eigenvalue weighted by atomic mass is 32.2. The van der Waals surface area contributed by atoms with Gasteiger partial charge < -0.3 is 31.6 Å². The van der Waals surface area contributed by atoms with Gasteiger partial charge in [-0.05, 0) is 30.9 Å². The molecule has 1 saturated carbocycles. The van der Waals surface area contributed by atoms with E-state index in [1.54, 1.807) is 11.0 Å². The number of hydrogen-bond acceptors (Lipinski definition) is 12. The number of nitrogens with two attached hydrogens (primary N) is 1. The molecule has 37 heavy (non-hydrogen) atoms. The Morgan fingerprint density at radius 1 is 1.30 bits per heavy atom. The zero-order chi connectivity index (χ0) is 26.3. The van der Waals surface area contributed by atoms with E-state index in [4.69, 9.17) is 5.73 Å². The van der Waals surface area contributed by atoms with E-state index in [9.17, 15) is 29.5 Å². The third-order valence-corrected chi connectivity index (χ3v) is 8.25. The Bertz CT molecular complexity index is 1260. The normalized spacial score (nSPS) is 25.0. The first-order chi connectivity index (χ1) is 17.8. The second kappa shape index (κ2) is 10.1. The molecule has 0 radical (unpaired) electrons. The summed E-state index contributed by atoms with van der Waals surface area (Å²) >= 11 is 2.07. The molecule has 16 heteroatoms. The lowest BCUT2D eigenvalue weighted by atomic mass is 10.0. The Hall–Kier alpha value is -3.50. The molecule has 4 heterocycles. The molecule has 3 amide bonds. The first-order valence-corrected chi connectivity index (χ1v) is 13.4. The van der Waals surface area contributed by atoms with E-state index in [0.717, 1.165) is 29.3 Å². The van der Waals surface area contributed by atoms with Crippen LogP contribution in [0.15, 0.2) is 28.1 Å². The molecule has 196 valence electrons. The third kappa shape index (κ3) is 4.91. The van der Waals surface area contributed by atoms with Crippen molar-refractivity contribution in [2.45, 2.75) is 36.7 Å². The summed E-state index contributed by atoms with van der Waals surface area (Å²) in [5.41, 5.74) is 5.66. The Morgan fingerprint density at radius 3 is 2.73 bits per heavy atom. The highest BCUT2D eigenvalue weighted by Crippen LogP contribution is 2.41. The van der Waals surface area contributed by atoms with Crippen molar-refractivity contribution < 1.29 is 29.5 Å². The van der Waals surface area contributed by atoms with Crippen LogP contribution in [0.3, 0.4) is 0 Å². The molecule has 1 aromatic heterocycles. The summed E-state index contributed by atoms with van der Waals surface area (Å²) in [6.45, 7) is 1.87. The molecule has 14 nitrogen and oxygen atoms in total. The number of aromatic nitrogens is 2. The molecule has 2 saturated heterocycles. The minimum Gasteiger partial charge on any atom is -0.477 e. The fraction of sp³-hybridized carbons (Fsp3) is 0.476. The number of thioether (sulfide) groups is 1. The maximum absolute atomic E-state index is 12.9. The number of nitrogens with zero attached hydrogens (tertiary/aromatic N) is 5. The van der Waals surface area contributed by atoms with Crippen LogP contribution in [0.2, 0.25) is 0 Å². The van der Waals surface area contributed by atoms with Crippen molar-refractivity contribution in [1.29, 1.82) is 0 Å². The van der Waals surface area contributed by atoms with E-state index >= 15 is 0 Å². The van der Waals surface area contributed by atoms with E-state index < -0.39 is 34.9 Å². The SMILES string of the molecule is Nc1nc(/C(=N/O)C(=O)N[C@@H]2C(=O)N3C(C(=O)O)=C(C=C4CCN(CCNC5CC5)C4=O)CS[C@H]23)ns1. The lowest BCUT2D eigenvalue weighted by molar-refractivity contribution is -0.150. The van der Waals surface area contributed by atoms with Crippen LogP contribution < -0.4 is 16.4 Å². The number of likely N-dealkylation sites (tertiary alicyclic amines) is 1. The Morgan fingerprint density at radius 2 is 2.08 bits per heavy atom. The fourth-order valence-corrected chi connectivity index (χ4v) is 6.14. The van der Waals surface area contributed by atoms with Gasteiger partial charge in [-0.15, -0.1) is 11.8 Å². The Kier molecular flexibility index (Phi) is 6.87. The number of nitrogen functional groups attached to an aromatic ring is 1. The second-order valence-electron chi connectivity index (χ2n) is 8.88. The maximum atomic E-state index is 12.9. The van der Waals surface area contributed by atoms with Crippen molar-refractivity contribution in [3.8, 4) is 0 Å². The molecular formula is C21H24N8O6S2. The molecule has 5 rings (SSSR count). The number of hydrogen-bond donors (Lipinski definition) is 5. The smallest absolute Gasteiger partial charge is 0.352 e. The Balaban J connectivity index is 1.28. The van der Waals surface area contributed by atoms with Crippen LogP contribution in [0.4, 0.5) is 5.13 Å². The number of carbonyl (C=O) groups excluding carboxylic acids is 3. The number of β-lactam (4-membered cyclic amide) rings is 1. The van der Waals surface area contributed by atoms with Crippen molar-refractivity contribution in [2.75, 3.05) is 31.1 Å². The van der Waals surface area contributed by atoms with Gasteiger partial charge >= 0.3 is 5.97 Å². The number of amides is 3. The van der Waals surface area contributed by atoms with E-state index in [0.29, 0.717) is 43.2 Å². The molecule has 0 bridgehead atoms. The largest absolute Gasteiger partial charge is 0.477 e. The number of aliphatic carboxylic acids is 1. The predicted molar refractivity (Wildman–Crippen MR) is 133 cm³/mol. The summed E-state index contributed by atoms with van der Waals surface area (Å²) < 4.78 is 3.82. The van der Waals surface area contributed by atoms with E-state index in [-0.39, 0.29) is 28.3 Å². The quantitative estimate of drug-likeness (QED) is 0.0828. The van der Waals surface area contributed by atoms with Gasteiger partial charge in [0, 0.05) is 48.5 Å². The summed E-state index contributed by atoms with van der Waals surface area (Å²) in [7, 11) is 0. The number of carboxylic acid groups (broad SMARTS) is 1. The molecule has 1 aromatic rings. The maximum Gasteiger partial charge on any atom is 0.352 e. The number of allylic oxidation sites excluding steroid dienone is 1. The first-order valence-electron chi connectivity index (χ1n) is 11.5. The molecule has 6 N–H and O–H groups in total. The number of carboxylic acids is 1. The van der Waals surface area contributed by atoms with E-state index in [2.05, 4.69) is 25.1 Å². The van der Waals surface area contributed by atoms with Gasteiger partial charge in [-0.2, -0.15) is 9.36 Å². The lowest BCUT2D eigenvalue weighted by Gasteiger charge is -2.49. The van der Waals surface area contributed by atoms with Gasteiger partial charge in [0.1, 0.15) is 17.1 Å². The molecule has 0 spiro atoms. The average Bonchev–Trinajstić information content (AvgIpc) is 3.51. The van der Waals surface area contributed by atoms with Crippen LogP contribution in [0.5, 0.6) is 0 Å². The van der Waals surface area contributed by atoms with Gasteiger partial charge in [0.25, 0.3) is 11.8 Å². The summed E-state index contributed by atoms with van der Waals surface area (Å²) in [6.07, 6.45) is 4.41. The van der Waals surface area contributed by atoms with Gasteiger partial charge in [-0.1, -0.05) is 5.16 Å². The van der Waals surface area contributed by atoms with Crippen molar-refractivity contribution in [3.63, 3.8) is 0 Å². The molecule has 4 aliphatic rings. The first kappa shape index (κ1) is 25.2. The number of nitrogens with one attached hydrogen (secondary N) is 2. The molecule has 2 atom stereocenters. The van der Waals surface area contributed by atoms with Crippen molar-refractivity contribution >= 4 is 57.8 Å². The standard InChI is InChI=1S/C21H24N8O6S2/c22-21-25-15(27-37-21)12(26-35)16(30)24-13-18(32)29-14(20(33)34)10(8-36-19(13)29)7-9-3-5-28(17(9)31)6-4-23-11-1-2-11/h7,11,13,19,23,35H,1-6,8H2,(H,24,30)(H,33,34)(H2,22,25,27)/b9-7?,26-12-/t13-,19-/m1/s1. The summed E-state index contributed by atoms with van der Waals surface area (Å²) in [5, 5.41) is 27.3. The number of oxime groups is 1. The summed E-state index contributed by atoms with van der Waals surface area (Å²) in [6, 6.07) is -0.493. The predicted octanol–water partition coefficient (Wildman–Crippen LogP) is -1.05. The number of rotatable bonds is 9. The minimum absolute atomic E-state index is 0.0642. The monoisotopic (exact) mass is 548 g/mol.